The van der Waals surface area contributed by atoms with Gasteiger partial charge in [-0.1, -0.05) is 0 Å². The predicted octanol–water partition coefficient (Wildman–Crippen LogP) is 3.68. The van der Waals surface area contributed by atoms with Crippen molar-refractivity contribution in [3.05, 3.63) is 28.3 Å². The molecule has 2 rings (SSSR count). The van der Waals surface area contributed by atoms with Crippen molar-refractivity contribution in [2.45, 2.75) is 58.9 Å². The largest absolute Gasteiger partial charge is 0.496 e. The Balaban J connectivity index is 2.18. The third-order valence-electron chi connectivity index (χ3n) is 4.81. The summed E-state index contributed by atoms with van der Waals surface area (Å²) in [5.41, 5.74) is 11.6. The minimum absolute atomic E-state index is 0.441. The number of hydrogen-bond acceptors (Lipinski definition) is 2. The van der Waals surface area contributed by atoms with Gasteiger partial charge in [0, 0.05) is 6.04 Å². The van der Waals surface area contributed by atoms with Crippen molar-refractivity contribution < 1.29 is 4.74 Å². The molecule has 1 saturated carbocycles. The molecule has 0 amide bonds. The number of nitrogens with two attached hydrogens (primary N) is 1. The van der Waals surface area contributed by atoms with Crippen LogP contribution in [-0.4, -0.2) is 13.2 Å². The lowest BCUT2D eigenvalue weighted by Crippen LogP contribution is -2.27. The minimum atomic E-state index is 0.441. The average Bonchev–Trinajstić information content (AvgIpc) is 2.41. The van der Waals surface area contributed by atoms with E-state index >= 15 is 0 Å². The number of rotatable bonds is 3. The SMILES string of the molecule is COc1cc(C)c(CC2CCC(N)CC2)c(C)c1C. The Kier molecular flexibility index (Phi) is 4.51. The maximum atomic E-state index is 6.00. The molecule has 0 spiro atoms. The van der Waals surface area contributed by atoms with Crippen LogP contribution in [0.15, 0.2) is 6.07 Å². The van der Waals surface area contributed by atoms with Crippen molar-refractivity contribution >= 4 is 0 Å². The Bertz CT molecular complexity index is 445. The van der Waals surface area contributed by atoms with Gasteiger partial charge in [0.2, 0.25) is 0 Å². The predicted molar refractivity (Wildman–Crippen MR) is 80.8 cm³/mol. The molecule has 1 aliphatic carbocycles. The van der Waals surface area contributed by atoms with Crippen molar-refractivity contribution in [2.75, 3.05) is 7.11 Å². The highest BCUT2D eigenvalue weighted by Crippen LogP contribution is 2.32. The Hall–Kier alpha value is -1.02. The highest BCUT2D eigenvalue weighted by atomic mass is 16.5. The Labute approximate surface area is 117 Å². The van der Waals surface area contributed by atoms with Gasteiger partial charge >= 0.3 is 0 Å². The fourth-order valence-corrected chi connectivity index (χ4v) is 3.31. The lowest BCUT2D eigenvalue weighted by atomic mass is 9.80. The van der Waals surface area contributed by atoms with Crippen molar-refractivity contribution in [1.82, 2.24) is 0 Å². The van der Waals surface area contributed by atoms with Gasteiger partial charge in [0.05, 0.1) is 7.11 Å². The number of hydrogen-bond donors (Lipinski definition) is 1. The molecule has 0 aliphatic heterocycles. The lowest BCUT2D eigenvalue weighted by molar-refractivity contribution is 0.324. The van der Waals surface area contributed by atoms with E-state index in [9.17, 15) is 0 Å². The summed E-state index contributed by atoms with van der Waals surface area (Å²) in [6.07, 6.45) is 6.15. The molecular weight excluding hydrogens is 234 g/mol. The normalized spacial score (nSPS) is 23.4. The number of benzene rings is 1. The van der Waals surface area contributed by atoms with Gasteiger partial charge in [-0.15, -0.1) is 0 Å². The van der Waals surface area contributed by atoms with Crippen molar-refractivity contribution in [3.63, 3.8) is 0 Å². The second-order valence-corrected chi connectivity index (χ2v) is 6.11. The van der Waals surface area contributed by atoms with Gasteiger partial charge in [0.15, 0.2) is 0 Å². The molecule has 19 heavy (non-hydrogen) atoms. The van der Waals surface area contributed by atoms with E-state index in [1.165, 1.54) is 54.4 Å². The number of ether oxygens (including phenoxy) is 1. The number of methoxy groups -OCH3 is 1. The van der Waals surface area contributed by atoms with Crippen molar-refractivity contribution in [3.8, 4) is 5.75 Å². The van der Waals surface area contributed by atoms with Gasteiger partial charge in [-0.2, -0.15) is 0 Å². The first-order valence-electron chi connectivity index (χ1n) is 7.42. The second kappa shape index (κ2) is 5.96. The molecule has 1 fully saturated rings. The van der Waals surface area contributed by atoms with E-state index in [4.69, 9.17) is 10.5 Å². The van der Waals surface area contributed by atoms with Crippen molar-refractivity contribution in [2.24, 2.45) is 11.7 Å². The van der Waals surface area contributed by atoms with Gasteiger partial charge < -0.3 is 10.5 Å². The molecule has 2 N–H and O–H groups in total. The summed E-state index contributed by atoms with van der Waals surface area (Å²) < 4.78 is 5.45. The first-order valence-corrected chi connectivity index (χ1v) is 7.42. The first-order chi connectivity index (χ1) is 9.02. The van der Waals surface area contributed by atoms with E-state index in [0.717, 1.165) is 11.7 Å². The summed E-state index contributed by atoms with van der Waals surface area (Å²) >= 11 is 0. The standard InChI is InChI=1S/C17H27NO/c1-11-9-17(19-4)13(3)12(2)16(11)10-14-5-7-15(18)8-6-14/h9,14-15H,5-8,10,18H2,1-4H3. The summed E-state index contributed by atoms with van der Waals surface area (Å²) in [5.74, 6) is 1.83. The van der Waals surface area contributed by atoms with Gasteiger partial charge in [0.25, 0.3) is 0 Å². The minimum Gasteiger partial charge on any atom is -0.496 e. The van der Waals surface area contributed by atoms with Crippen LogP contribution in [0.4, 0.5) is 0 Å². The van der Waals surface area contributed by atoms with Crippen LogP contribution in [0.2, 0.25) is 0 Å². The van der Waals surface area contributed by atoms with Gasteiger partial charge in [0.1, 0.15) is 5.75 Å². The Morgan fingerprint density at radius 1 is 1.11 bits per heavy atom. The van der Waals surface area contributed by atoms with Crippen LogP contribution in [0.25, 0.3) is 0 Å². The molecule has 106 valence electrons. The van der Waals surface area contributed by atoms with Crippen LogP contribution >= 0.6 is 0 Å². The molecule has 0 unspecified atom stereocenters. The fourth-order valence-electron chi connectivity index (χ4n) is 3.31. The highest BCUT2D eigenvalue weighted by molar-refractivity contribution is 5.48. The lowest BCUT2D eigenvalue weighted by Gasteiger charge is -2.27. The molecule has 1 aliphatic rings. The van der Waals surface area contributed by atoms with Gasteiger partial charge in [-0.05, 0) is 87.1 Å². The summed E-state index contributed by atoms with van der Waals surface area (Å²) in [7, 11) is 1.75. The molecule has 1 aromatic rings. The number of aryl methyl sites for hydroxylation is 1. The molecule has 0 radical (unpaired) electrons. The Morgan fingerprint density at radius 2 is 1.74 bits per heavy atom. The fraction of sp³-hybridized carbons (Fsp3) is 0.647. The third-order valence-corrected chi connectivity index (χ3v) is 4.81. The molecular formula is C17H27NO. The summed E-state index contributed by atoms with van der Waals surface area (Å²) in [5, 5.41) is 0. The summed E-state index contributed by atoms with van der Waals surface area (Å²) in [4.78, 5) is 0. The molecule has 2 heteroatoms. The molecule has 0 bridgehead atoms. The zero-order valence-electron chi connectivity index (χ0n) is 12.8. The average molecular weight is 261 g/mol. The maximum absolute atomic E-state index is 6.00. The van der Waals surface area contributed by atoms with Crippen LogP contribution in [0, 0.1) is 26.7 Å². The third kappa shape index (κ3) is 3.11. The summed E-state index contributed by atoms with van der Waals surface area (Å²) in [6, 6.07) is 2.63. The van der Waals surface area contributed by atoms with E-state index in [1.807, 2.05) is 0 Å². The van der Waals surface area contributed by atoms with E-state index in [2.05, 4.69) is 26.8 Å². The Morgan fingerprint density at radius 3 is 2.32 bits per heavy atom. The molecule has 0 aromatic heterocycles. The zero-order chi connectivity index (χ0) is 14.0. The highest BCUT2D eigenvalue weighted by Gasteiger charge is 2.21. The van der Waals surface area contributed by atoms with E-state index < -0.39 is 0 Å². The van der Waals surface area contributed by atoms with Crippen molar-refractivity contribution in [1.29, 1.82) is 0 Å². The second-order valence-electron chi connectivity index (χ2n) is 6.11. The molecule has 0 heterocycles. The molecule has 0 saturated heterocycles. The van der Waals surface area contributed by atoms with Crippen LogP contribution in [0.3, 0.4) is 0 Å². The van der Waals surface area contributed by atoms with Crippen LogP contribution in [0.5, 0.6) is 5.75 Å². The summed E-state index contributed by atoms with van der Waals surface area (Å²) in [6.45, 7) is 6.60. The van der Waals surface area contributed by atoms with E-state index in [-0.39, 0.29) is 0 Å². The molecule has 2 nitrogen and oxygen atoms in total. The first kappa shape index (κ1) is 14.4. The van der Waals surface area contributed by atoms with Crippen LogP contribution in [0.1, 0.15) is 47.9 Å². The smallest absolute Gasteiger partial charge is 0.122 e. The van der Waals surface area contributed by atoms with Gasteiger partial charge in [-0.3, -0.25) is 0 Å². The quantitative estimate of drug-likeness (QED) is 0.901. The zero-order valence-corrected chi connectivity index (χ0v) is 12.8. The van der Waals surface area contributed by atoms with Gasteiger partial charge in [-0.25, -0.2) is 0 Å². The van der Waals surface area contributed by atoms with E-state index in [1.54, 1.807) is 7.11 Å². The van der Waals surface area contributed by atoms with E-state index in [0.29, 0.717) is 6.04 Å². The van der Waals surface area contributed by atoms with Crippen LogP contribution < -0.4 is 10.5 Å². The van der Waals surface area contributed by atoms with Crippen LogP contribution in [-0.2, 0) is 6.42 Å². The molecule has 1 aromatic carbocycles. The monoisotopic (exact) mass is 261 g/mol. The maximum Gasteiger partial charge on any atom is 0.122 e. The topological polar surface area (TPSA) is 35.2 Å². The molecule has 0 atom stereocenters.